The predicted molar refractivity (Wildman–Crippen MR) is 194 cm³/mol. The van der Waals surface area contributed by atoms with Gasteiger partial charge in [-0.15, -0.1) is 0 Å². The monoisotopic (exact) mass is 582 g/mol. The van der Waals surface area contributed by atoms with Gasteiger partial charge < -0.3 is 9.80 Å². The molecule has 0 amide bonds. The molecule has 6 aromatic carbocycles. The third-order valence-corrected chi connectivity index (χ3v) is 9.59. The maximum Gasteiger partial charge on any atom is 0.0540 e. The molecule has 0 bridgehead atoms. The van der Waals surface area contributed by atoms with E-state index in [2.05, 4.69) is 164 Å². The average molecular weight is 583 g/mol. The van der Waals surface area contributed by atoms with Gasteiger partial charge in [-0.1, -0.05) is 104 Å². The first-order chi connectivity index (χ1) is 22.1. The normalized spacial score (nSPS) is 16.6. The number of benzene rings is 6. The third-order valence-electron chi connectivity index (χ3n) is 9.59. The number of hydrogen-bond acceptors (Lipinski definition) is 2. The summed E-state index contributed by atoms with van der Waals surface area (Å²) >= 11 is 0. The maximum absolute atomic E-state index is 2.52. The molecule has 2 aliphatic rings. The molecule has 0 aromatic heterocycles. The van der Waals surface area contributed by atoms with Crippen molar-refractivity contribution in [3.05, 3.63) is 156 Å². The number of para-hydroxylation sites is 2. The van der Waals surface area contributed by atoms with Crippen molar-refractivity contribution in [2.45, 2.75) is 40.0 Å². The summed E-state index contributed by atoms with van der Waals surface area (Å²) in [5.41, 5.74) is 9.95. The second-order valence-electron chi connectivity index (χ2n) is 12.6. The van der Waals surface area contributed by atoms with Crippen LogP contribution in [0.25, 0.3) is 32.3 Å². The summed E-state index contributed by atoms with van der Waals surface area (Å²) in [5.74, 6) is 0.507. The minimum absolute atomic E-state index is 0.507. The fourth-order valence-corrected chi connectivity index (χ4v) is 7.32. The van der Waals surface area contributed by atoms with Crippen LogP contribution in [-0.2, 0) is 0 Å². The standard InChI is InChI=1S/C43H38N2/c1-29-18-19-31(3)41(28-29)45(35-15-8-5-9-16-35)40-27-23-33-20-24-36-39(26-22-32-21-25-37(40)43(33)42(32)36)44(34-13-6-4-7-14-34)38-17-11-10-12-30(38)2/h4,6-8,10-17,19-29H,5,9,18H2,1-3H3. The van der Waals surface area contributed by atoms with Crippen molar-refractivity contribution in [3.8, 4) is 0 Å². The van der Waals surface area contributed by atoms with Gasteiger partial charge in [0.25, 0.3) is 0 Å². The van der Waals surface area contributed by atoms with Crippen LogP contribution in [-0.4, -0.2) is 0 Å². The lowest BCUT2D eigenvalue weighted by Crippen LogP contribution is -2.24. The average Bonchev–Trinajstić information content (AvgIpc) is 3.08. The zero-order valence-electron chi connectivity index (χ0n) is 26.3. The molecule has 0 spiro atoms. The van der Waals surface area contributed by atoms with Gasteiger partial charge in [0.15, 0.2) is 0 Å². The van der Waals surface area contributed by atoms with Crippen molar-refractivity contribution in [1.82, 2.24) is 0 Å². The van der Waals surface area contributed by atoms with E-state index in [1.807, 2.05) is 0 Å². The van der Waals surface area contributed by atoms with Gasteiger partial charge in [0.05, 0.1) is 11.4 Å². The lowest BCUT2D eigenvalue weighted by atomic mass is 9.90. The first-order valence-electron chi connectivity index (χ1n) is 16.3. The Morgan fingerprint density at radius 1 is 0.600 bits per heavy atom. The van der Waals surface area contributed by atoms with E-state index in [9.17, 15) is 0 Å². The fraction of sp³-hybridized carbons (Fsp3) is 0.163. The van der Waals surface area contributed by atoms with Crippen LogP contribution in [0.5, 0.6) is 0 Å². The molecule has 1 atom stereocenters. The lowest BCUT2D eigenvalue weighted by Gasteiger charge is -2.34. The van der Waals surface area contributed by atoms with E-state index in [-0.39, 0.29) is 0 Å². The highest BCUT2D eigenvalue weighted by atomic mass is 15.2. The maximum atomic E-state index is 2.52. The Kier molecular flexibility index (Phi) is 6.79. The van der Waals surface area contributed by atoms with Gasteiger partial charge in [-0.2, -0.15) is 0 Å². The van der Waals surface area contributed by atoms with Gasteiger partial charge in [0.2, 0.25) is 0 Å². The molecule has 0 radical (unpaired) electrons. The van der Waals surface area contributed by atoms with Gasteiger partial charge in [-0.25, -0.2) is 0 Å². The summed E-state index contributed by atoms with van der Waals surface area (Å²) in [5, 5.41) is 7.75. The van der Waals surface area contributed by atoms with Gasteiger partial charge in [-0.05, 0) is 108 Å². The Labute approximate surface area is 266 Å². The number of rotatable bonds is 6. The van der Waals surface area contributed by atoms with Crippen LogP contribution in [0.3, 0.4) is 0 Å². The number of anilines is 4. The van der Waals surface area contributed by atoms with Crippen molar-refractivity contribution in [1.29, 1.82) is 0 Å². The second kappa shape index (κ2) is 11.1. The van der Waals surface area contributed by atoms with Crippen LogP contribution in [0.2, 0.25) is 0 Å². The van der Waals surface area contributed by atoms with Gasteiger partial charge in [0.1, 0.15) is 0 Å². The molecule has 45 heavy (non-hydrogen) atoms. The van der Waals surface area contributed by atoms with Crippen LogP contribution in [0, 0.1) is 12.8 Å². The molecule has 0 fully saturated rings. The summed E-state index contributed by atoms with van der Waals surface area (Å²) in [6, 6.07) is 38.0. The number of hydrogen-bond donors (Lipinski definition) is 0. The molecular formula is C43H38N2. The third kappa shape index (κ3) is 4.64. The number of allylic oxidation sites excluding steroid dienone is 6. The molecule has 0 N–H and O–H groups in total. The van der Waals surface area contributed by atoms with Crippen LogP contribution >= 0.6 is 0 Å². The first kappa shape index (κ1) is 27.5. The Morgan fingerprint density at radius 2 is 1.24 bits per heavy atom. The summed E-state index contributed by atoms with van der Waals surface area (Å²) in [4.78, 5) is 4.95. The van der Waals surface area contributed by atoms with Crippen molar-refractivity contribution in [3.63, 3.8) is 0 Å². The van der Waals surface area contributed by atoms with Gasteiger partial charge >= 0.3 is 0 Å². The predicted octanol–water partition coefficient (Wildman–Crippen LogP) is 12.3. The van der Waals surface area contributed by atoms with Gasteiger partial charge in [-0.3, -0.25) is 0 Å². The van der Waals surface area contributed by atoms with E-state index >= 15 is 0 Å². The van der Waals surface area contributed by atoms with Crippen LogP contribution in [0.4, 0.5) is 22.7 Å². The van der Waals surface area contributed by atoms with E-state index in [1.54, 1.807) is 0 Å². The van der Waals surface area contributed by atoms with Crippen LogP contribution in [0.15, 0.2) is 150 Å². The van der Waals surface area contributed by atoms with E-state index in [0.29, 0.717) is 5.92 Å². The molecule has 0 aliphatic heterocycles. The van der Waals surface area contributed by atoms with E-state index < -0.39 is 0 Å². The topological polar surface area (TPSA) is 6.48 Å². The van der Waals surface area contributed by atoms with Crippen molar-refractivity contribution < 1.29 is 0 Å². The van der Waals surface area contributed by atoms with E-state index in [1.165, 1.54) is 71.9 Å². The number of aryl methyl sites for hydroxylation is 1. The van der Waals surface area contributed by atoms with E-state index in [4.69, 9.17) is 0 Å². The van der Waals surface area contributed by atoms with E-state index in [0.717, 1.165) is 24.9 Å². The number of nitrogens with zero attached hydrogens (tertiary/aromatic N) is 2. The Morgan fingerprint density at radius 3 is 1.91 bits per heavy atom. The zero-order valence-corrected chi connectivity index (χ0v) is 26.3. The first-order valence-corrected chi connectivity index (χ1v) is 16.3. The fourth-order valence-electron chi connectivity index (χ4n) is 7.32. The van der Waals surface area contributed by atoms with Gasteiger partial charge in [0, 0.05) is 33.5 Å². The molecule has 2 nitrogen and oxygen atoms in total. The molecule has 2 heteroatoms. The smallest absolute Gasteiger partial charge is 0.0540 e. The highest BCUT2D eigenvalue weighted by Crippen LogP contribution is 2.47. The molecule has 220 valence electrons. The molecule has 0 saturated carbocycles. The SMILES string of the molecule is CC1=CCC(C)C=C1N(C1=CCCC=C1)c1ccc2ccc3c(N(c4ccccc4)c4ccccc4C)ccc4ccc1c2c43. The minimum atomic E-state index is 0.507. The molecular weight excluding hydrogens is 544 g/mol. The highest BCUT2D eigenvalue weighted by molar-refractivity contribution is 6.28. The quantitative estimate of drug-likeness (QED) is 0.180. The second-order valence-corrected chi connectivity index (χ2v) is 12.6. The van der Waals surface area contributed by atoms with Crippen molar-refractivity contribution in [2.75, 3.05) is 9.80 Å². The Balaban J connectivity index is 1.41. The molecule has 0 heterocycles. The molecule has 1 unspecified atom stereocenters. The summed E-state index contributed by atoms with van der Waals surface area (Å²) in [6.45, 7) is 6.79. The molecule has 6 aromatic rings. The Hall–Kier alpha value is -5.08. The molecule has 8 rings (SSSR count). The summed E-state index contributed by atoms with van der Waals surface area (Å²) in [7, 11) is 0. The molecule has 2 aliphatic carbocycles. The van der Waals surface area contributed by atoms with Crippen molar-refractivity contribution in [2.24, 2.45) is 5.92 Å². The largest absolute Gasteiger partial charge is 0.310 e. The Bertz CT molecular complexity index is 2180. The van der Waals surface area contributed by atoms with Crippen LogP contribution in [0.1, 0.15) is 38.7 Å². The highest BCUT2D eigenvalue weighted by Gasteiger charge is 2.25. The summed E-state index contributed by atoms with van der Waals surface area (Å²) < 4.78 is 0. The van der Waals surface area contributed by atoms with Crippen LogP contribution < -0.4 is 9.80 Å². The summed E-state index contributed by atoms with van der Waals surface area (Å²) in [6.07, 6.45) is 15.2. The van der Waals surface area contributed by atoms with Crippen molar-refractivity contribution >= 4 is 55.1 Å². The zero-order chi connectivity index (χ0) is 30.5. The lowest BCUT2D eigenvalue weighted by molar-refractivity contribution is 0.716. The molecule has 0 saturated heterocycles. The minimum Gasteiger partial charge on any atom is -0.310 e.